The van der Waals surface area contributed by atoms with Gasteiger partial charge in [0, 0.05) is 43.7 Å². The number of pyridine rings is 2. The van der Waals surface area contributed by atoms with Gasteiger partial charge in [-0.15, -0.1) is 0 Å². The van der Waals surface area contributed by atoms with Gasteiger partial charge in [0.25, 0.3) is 17.9 Å². The van der Waals surface area contributed by atoms with E-state index in [1.807, 2.05) is 10.2 Å². The van der Waals surface area contributed by atoms with E-state index in [9.17, 15) is 27.2 Å². The molecule has 2 aromatic heterocycles. The molecule has 12 heteroatoms. The van der Waals surface area contributed by atoms with Crippen LogP contribution in [0.3, 0.4) is 0 Å². The lowest BCUT2D eigenvalue weighted by molar-refractivity contribution is 0.0886. The number of carbonyl (C=O) groups is 1. The quantitative estimate of drug-likeness (QED) is 0.404. The van der Waals surface area contributed by atoms with Crippen LogP contribution in [0.2, 0.25) is 5.02 Å². The lowest BCUT2D eigenvalue weighted by atomic mass is 10.1. The van der Waals surface area contributed by atoms with E-state index in [2.05, 4.69) is 9.97 Å². The number of hydrogen-bond acceptors (Lipinski definition) is 5. The normalized spacial score (nSPS) is 14.7. The first-order valence-electron chi connectivity index (χ1n) is 10.4. The van der Waals surface area contributed by atoms with Gasteiger partial charge in [-0.3, -0.25) is 14.5 Å². The number of halogens is 5. The van der Waals surface area contributed by atoms with Crippen LogP contribution in [0.5, 0.6) is 0 Å². The Labute approximate surface area is 196 Å². The van der Waals surface area contributed by atoms with Crippen LogP contribution < -0.4 is 15.8 Å². The van der Waals surface area contributed by atoms with E-state index in [1.165, 1.54) is 18.2 Å². The summed E-state index contributed by atoms with van der Waals surface area (Å²) in [5.74, 6) is -2.28. The fourth-order valence-corrected chi connectivity index (χ4v) is 3.98. The predicted octanol–water partition coefficient (Wildman–Crippen LogP) is 3.17. The van der Waals surface area contributed by atoms with Crippen LogP contribution in [0.25, 0.3) is 10.9 Å². The Hall–Kier alpha value is -3.18. The largest absolute Gasteiger partial charge is 0.365 e. The number of aromatic amines is 1. The van der Waals surface area contributed by atoms with Gasteiger partial charge in [-0.1, -0.05) is 23.7 Å². The van der Waals surface area contributed by atoms with Crippen LogP contribution in [0, 0.1) is 11.8 Å². The molecule has 180 valence electrons. The van der Waals surface area contributed by atoms with Crippen molar-refractivity contribution in [2.45, 2.75) is 13.0 Å². The molecule has 1 amide bonds. The molecule has 0 unspecified atom stereocenters. The van der Waals surface area contributed by atoms with Crippen molar-refractivity contribution in [3.8, 4) is 0 Å². The smallest absolute Gasteiger partial charge is 0.270 e. The molecule has 3 heterocycles. The summed E-state index contributed by atoms with van der Waals surface area (Å²) >= 11 is 5.80. The molecule has 0 atom stereocenters. The first kappa shape index (κ1) is 24.0. The Morgan fingerprint density at radius 3 is 2.56 bits per heavy atom. The number of amides is 1. The molecule has 1 saturated heterocycles. The van der Waals surface area contributed by atoms with Crippen molar-refractivity contribution in [1.29, 1.82) is 0 Å². The van der Waals surface area contributed by atoms with Crippen molar-refractivity contribution in [1.82, 2.24) is 20.2 Å². The highest BCUT2D eigenvalue weighted by Crippen LogP contribution is 2.24. The van der Waals surface area contributed by atoms with Gasteiger partial charge in [-0.2, -0.15) is 4.39 Å². The lowest BCUT2D eigenvalue weighted by Crippen LogP contribution is -2.46. The molecule has 0 aliphatic carbocycles. The number of piperazine rings is 1. The van der Waals surface area contributed by atoms with Gasteiger partial charge >= 0.3 is 0 Å². The average Bonchev–Trinajstić information content (AvgIpc) is 2.81. The van der Waals surface area contributed by atoms with Gasteiger partial charge < -0.3 is 15.2 Å². The van der Waals surface area contributed by atoms with E-state index < -0.39 is 36.2 Å². The van der Waals surface area contributed by atoms with Crippen molar-refractivity contribution < 1.29 is 22.4 Å². The van der Waals surface area contributed by atoms with Crippen molar-refractivity contribution in [3.63, 3.8) is 0 Å². The summed E-state index contributed by atoms with van der Waals surface area (Å²) in [6, 6.07) is 7.41. The van der Waals surface area contributed by atoms with Crippen molar-refractivity contribution in [2.24, 2.45) is 0 Å². The van der Waals surface area contributed by atoms with E-state index >= 15 is 0 Å². The molecule has 4 rings (SSSR count). The van der Waals surface area contributed by atoms with Crippen LogP contribution in [0.15, 0.2) is 35.1 Å². The van der Waals surface area contributed by atoms with Crippen LogP contribution in [0.4, 0.5) is 23.2 Å². The van der Waals surface area contributed by atoms with E-state index in [0.717, 1.165) is 0 Å². The number of fused-ring (bicyclic) bond motifs is 1. The minimum absolute atomic E-state index is 0.0145. The monoisotopic (exact) mass is 497 g/mol. The number of nitrogens with one attached hydrogen (secondary N) is 2. The summed E-state index contributed by atoms with van der Waals surface area (Å²) in [4.78, 5) is 33.3. The molecule has 1 aromatic carbocycles. The summed E-state index contributed by atoms with van der Waals surface area (Å²) in [7, 11) is 0. The minimum Gasteiger partial charge on any atom is -0.365 e. The molecular weight excluding hydrogens is 478 g/mol. The van der Waals surface area contributed by atoms with Gasteiger partial charge in [-0.05, 0) is 18.2 Å². The Morgan fingerprint density at radius 2 is 1.88 bits per heavy atom. The predicted molar refractivity (Wildman–Crippen MR) is 120 cm³/mol. The second-order valence-corrected chi connectivity index (χ2v) is 8.23. The lowest BCUT2D eigenvalue weighted by Gasteiger charge is -2.36. The van der Waals surface area contributed by atoms with Crippen LogP contribution in [-0.4, -0.2) is 59.9 Å². The van der Waals surface area contributed by atoms with Crippen molar-refractivity contribution in [3.05, 3.63) is 68.7 Å². The van der Waals surface area contributed by atoms with Gasteiger partial charge in [-0.25, -0.2) is 18.2 Å². The Balaban J connectivity index is 1.40. The highest BCUT2D eigenvalue weighted by atomic mass is 35.5. The van der Waals surface area contributed by atoms with Crippen LogP contribution in [-0.2, 0) is 6.54 Å². The third-order valence-electron chi connectivity index (χ3n) is 5.58. The number of alkyl halides is 2. The zero-order valence-corrected chi connectivity index (χ0v) is 18.5. The van der Waals surface area contributed by atoms with Gasteiger partial charge in [0.15, 0.2) is 5.82 Å². The molecule has 2 N–H and O–H groups in total. The molecule has 7 nitrogen and oxygen atoms in total. The maximum Gasteiger partial charge on any atom is 0.270 e. The topological polar surface area (TPSA) is 81.3 Å². The summed E-state index contributed by atoms with van der Waals surface area (Å²) in [5, 5.41) is 2.46. The fourth-order valence-electron chi connectivity index (χ4n) is 3.82. The van der Waals surface area contributed by atoms with Gasteiger partial charge in [0.1, 0.15) is 10.7 Å². The van der Waals surface area contributed by atoms with E-state index in [1.54, 1.807) is 17.0 Å². The zero-order valence-electron chi connectivity index (χ0n) is 17.8. The molecule has 1 aliphatic heterocycles. The van der Waals surface area contributed by atoms with Gasteiger partial charge in [0.2, 0.25) is 5.95 Å². The third-order valence-corrected chi connectivity index (χ3v) is 5.86. The molecule has 0 spiro atoms. The Kier molecular flexibility index (Phi) is 7.03. The van der Waals surface area contributed by atoms with Crippen molar-refractivity contribution >= 4 is 34.1 Å². The molecule has 0 radical (unpaired) electrons. The molecule has 0 saturated carbocycles. The molecule has 1 aliphatic rings. The van der Waals surface area contributed by atoms with E-state index in [-0.39, 0.29) is 21.9 Å². The molecule has 3 aromatic rings. The van der Waals surface area contributed by atoms with E-state index in [4.69, 9.17) is 11.6 Å². The van der Waals surface area contributed by atoms with Crippen LogP contribution in [0.1, 0.15) is 16.1 Å². The standard InChI is InChI=1S/C22H20ClF4N5O2/c23-14-9-12-1-2-13(18(26)19(12)30-21(14)33)11-31-5-7-32(8-6-31)16-4-3-15(29-20(16)27)22(34)28-10-17(24)25/h1-4,9,17H,5-8,10-11H2,(H,28,34)(H,30,33). The first-order valence-corrected chi connectivity index (χ1v) is 10.8. The SMILES string of the molecule is O=C(NCC(F)F)c1ccc(N2CCN(Cc3ccc4cc(Cl)c(=O)[nH]c4c3F)CC2)c(F)n1. The number of aromatic nitrogens is 2. The summed E-state index contributed by atoms with van der Waals surface area (Å²) in [6.45, 7) is 1.32. The zero-order chi connectivity index (χ0) is 24.4. The van der Waals surface area contributed by atoms with Crippen LogP contribution >= 0.6 is 11.6 Å². The number of nitrogens with zero attached hydrogens (tertiary/aromatic N) is 3. The maximum absolute atomic E-state index is 15.0. The summed E-state index contributed by atoms with van der Waals surface area (Å²) < 4.78 is 53.9. The molecule has 1 fully saturated rings. The number of rotatable bonds is 6. The third kappa shape index (κ3) is 5.15. The van der Waals surface area contributed by atoms with Crippen molar-refractivity contribution in [2.75, 3.05) is 37.6 Å². The number of carbonyl (C=O) groups excluding carboxylic acids is 1. The number of hydrogen-bond donors (Lipinski definition) is 2. The molecule has 0 bridgehead atoms. The summed E-state index contributed by atoms with van der Waals surface area (Å²) in [6.07, 6.45) is -2.71. The highest BCUT2D eigenvalue weighted by molar-refractivity contribution is 6.31. The van der Waals surface area contributed by atoms with Gasteiger partial charge in [0.05, 0.1) is 17.7 Å². The second-order valence-electron chi connectivity index (χ2n) is 7.82. The second kappa shape index (κ2) is 9.98. The first-order chi connectivity index (χ1) is 16.2. The Bertz CT molecular complexity index is 1280. The fraction of sp³-hybridized carbons (Fsp3) is 0.318. The highest BCUT2D eigenvalue weighted by Gasteiger charge is 2.23. The minimum atomic E-state index is -2.71. The number of benzene rings is 1. The summed E-state index contributed by atoms with van der Waals surface area (Å²) in [5.41, 5.74) is -0.155. The number of H-pyrrole nitrogens is 1. The van der Waals surface area contributed by atoms with E-state index in [0.29, 0.717) is 43.7 Å². The Morgan fingerprint density at radius 1 is 1.15 bits per heavy atom. The maximum atomic E-state index is 15.0. The molecule has 34 heavy (non-hydrogen) atoms. The molecular formula is C22H20ClF4N5O2. The average molecular weight is 498 g/mol. The number of anilines is 1.